The zero-order chi connectivity index (χ0) is 24.6. The summed E-state index contributed by atoms with van der Waals surface area (Å²) in [6, 6.07) is 14.1. The number of rotatable bonds is 3. The molecule has 5 rings (SSSR count). The van der Waals surface area contributed by atoms with Gasteiger partial charge < -0.3 is 15.7 Å². The van der Waals surface area contributed by atoms with Gasteiger partial charge in [0.1, 0.15) is 17.2 Å². The van der Waals surface area contributed by atoms with Crippen LogP contribution in [0.5, 0.6) is 0 Å². The average molecular weight is 543 g/mol. The van der Waals surface area contributed by atoms with Crippen molar-refractivity contribution in [3.05, 3.63) is 60.2 Å². The highest BCUT2D eigenvalue weighted by Crippen LogP contribution is 2.31. The van der Waals surface area contributed by atoms with Gasteiger partial charge in [0.15, 0.2) is 17.0 Å². The van der Waals surface area contributed by atoms with Crippen LogP contribution in [0.15, 0.2) is 48.5 Å². The van der Waals surface area contributed by atoms with Crippen LogP contribution in [-0.4, -0.2) is 44.3 Å². The molecule has 1 aliphatic carbocycles. The van der Waals surface area contributed by atoms with Gasteiger partial charge in [0.2, 0.25) is 5.82 Å². The number of anilines is 2. The van der Waals surface area contributed by atoms with Gasteiger partial charge >= 0.3 is 0 Å². The Bertz CT molecular complexity index is 1450. The molecule has 2 aromatic heterocycles. The van der Waals surface area contributed by atoms with E-state index in [1.165, 1.54) is 12.1 Å². The summed E-state index contributed by atoms with van der Waals surface area (Å²) in [6.45, 7) is 0. The minimum atomic E-state index is -1.03. The number of hydrogen-bond donors (Lipinski definition) is 2. The summed E-state index contributed by atoms with van der Waals surface area (Å²) in [6.07, 6.45) is 4.27. The van der Waals surface area contributed by atoms with E-state index in [2.05, 4.69) is 21.8 Å². The molecular weight excluding hydrogens is 514 g/mol. The van der Waals surface area contributed by atoms with Gasteiger partial charge in [-0.15, -0.1) is 24.8 Å². The molecule has 0 saturated heterocycles. The quantitative estimate of drug-likeness (QED) is 0.347. The number of nitrogen functional groups attached to an aromatic ring is 1. The number of aromatic nitrogens is 4. The van der Waals surface area contributed by atoms with Gasteiger partial charge in [-0.3, -0.25) is 4.57 Å². The molecule has 1 fully saturated rings. The van der Waals surface area contributed by atoms with Crippen molar-refractivity contribution in [3.8, 4) is 28.9 Å². The fraction of sp³-hybridized carbons (Fsp3) is 0.296. The van der Waals surface area contributed by atoms with E-state index >= 15 is 0 Å². The number of aliphatic hydroxyl groups is 1. The zero-order valence-electron chi connectivity index (χ0n) is 20.6. The molecule has 2 heterocycles. The molecule has 7 nitrogen and oxygen atoms in total. The molecule has 0 atom stereocenters. The molecule has 194 valence electrons. The number of nitrogens with zero attached hydrogens (tertiary/aromatic N) is 5. The molecule has 1 aliphatic rings. The SMILES string of the molecule is CN(C)c1ccc(-n2c(-c3cccc(F)c3)nc3c(N)nc(C#CC4(O)CCCCC4)nc32)cc1.Cl.Cl. The van der Waals surface area contributed by atoms with Gasteiger partial charge in [-0.25, -0.2) is 19.3 Å². The molecule has 37 heavy (non-hydrogen) atoms. The van der Waals surface area contributed by atoms with Crippen LogP contribution in [0.25, 0.3) is 28.2 Å². The van der Waals surface area contributed by atoms with Crippen molar-refractivity contribution in [2.75, 3.05) is 24.7 Å². The van der Waals surface area contributed by atoms with E-state index in [1.807, 2.05) is 47.8 Å². The second-order valence-corrected chi connectivity index (χ2v) is 9.14. The van der Waals surface area contributed by atoms with Crippen LogP contribution in [0.1, 0.15) is 37.9 Å². The molecule has 0 aliphatic heterocycles. The molecule has 0 amide bonds. The third-order valence-corrected chi connectivity index (χ3v) is 6.33. The average Bonchev–Trinajstić information content (AvgIpc) is 3.23. The third kappa shape index (κ3) is 5.80. The maximum absolute atomic E-state index is 14.1. The smallest absolute Gasteiger partial charge is 0.209 e. The van der Waals surface area contributed by atoms with Crippen molar-refractivity contribution in [2.24, 2.45) is 0 Å². The maximum atomic E-state index is 14.1. The van der Waals surface area contributed by atoms with Crippen LogP contribution in [0.4, 0.5) is 15.9 Å². The second kappa shape index (κ2) is 11.3. The number of nitrogens with two attached hydrogens (primary N) is 1. The standard InChI is InChI=1S/C27H27FN6O.2ClH/c1-33(2)20-9-11-21(12-10-20)34-25(18-7-6-8-19(28)17-18)32-23-24(29)30-22(31-26(23)34)13-16-27(35)14-4-3-5-15-27;;/h6-12,17,35H,3-5,14-15H2,1-2H3,(H2,29,30,31);2*1H. The number of halogens is 3. The van der Waals surface area contributed by atoms with E-state index in [4.69, 9.17) is 10.7 Å². The van der Waals surface area contributed by atoms with Crippen LogP contribution in [0.3, 0.4) is 0 Å². The first kappa shape index (κ1) is 28.2. The molecule has 10 heteroatoms. The highest BCUT2D eigenvalue weighted by atomic mass is 35.5. The molecule has 0 bridgehead atoms. The molecule has 1 saturated carbocycles. The fourth-order valence-corrected chi connectivity index (χ4v) is 4.43. The van der Waals surface area contributed by atoms with Crippen LogP contribution in [-0.2, 0) is 0 Å². The highest BCUT2D eigenvalue weighted by Gasteiger charge is 2.27. The lowest BCUT2D eigenvalue weighted by Crippen LogP contribution is -2.29. The van der Waals surface area contributed by atoms with Crippen molar-refractivity contribution in [1.82, 2.24) is 19.5 Å². The van der Waals surface area contributed by atoms with E-state index < -0.39 is 5.60 Å². The summed E-state index contributed by atoms with van der Waals surface area (Å²) in [5.74, 6) is 6.43. The lowest BCUT2D eigenvalue weighted by Gasteiger charge is -2.26. The Labute approximate surface area is 227 Å². The second-order valence-electron chi connectivity index (χ2n) is 9.14. The van der Waals surface area contributed by atoms with E-state index in [-0.39, 0.29) is 42.3 Å². The lowest BCUT2D eigenvalue weighted by molar-refractivity contribution is 0.0610. The lowest BCUT2D eigenvalue weighted by atomic mass is 9.85. The van der Waals surface area contributed by atoms with Crippen LogP contribution in [0, 0.1) is 17.7 Å². The van der Waals surface area contributed by atoms with Crippen molar-refractivity contribution in [3.63, 3.8) is 0 Å². The molecule has 2 aromatic carbocycles. The Hall–Kier alpha value is -3.38. The molecule has 3 N–H and O–H groups in total. The summed E-state index contributed by atoms with van der Waals surface area (Å²) < 4.78 is 15.9. The Morgan fingerprint density at radius 1 is 1.00 bits per heavy atom. The Morgan fingerprint density at radius 3 is 2.35 bits per heavy atom. The first-order valence-corrected chi connectivity index (χ1v) is 11.7. The van der Waals surface area contributed by atoms with Crippen molar-refractivity contribution >= 4 is 47.5 Å². The summed E-state index contributed by atoms with van der Waals surface area (Å²) in [5, 5.41) is 10.8. The predicted molar refractivity (Wildman–Crippen MR) is 150 cm³/mol. The van der Waals surface area contributed by atoms with Crippen LogP contribution in [0.2, 0.25) is 0 Å². The van der Waals surface area contributed by atoms with Crippen LogP contribution >= 0.6 is 24.8 Å². The van der Waals surface area contributed by atoms with Crippen molar-refractivity contribution < 1.29 is 9.50 Å². The summed E-state index contributed by atoms with van der Waals surface area (Å²) >= 11 is 0. The van der Waals surface area contributed by atoms with E-state index in [0.29, 0.717) is 35.4 Å². The monoisotopic (exact) mass is 542 g/mol. The summed E-state index contributed by atoms with van der Waals surface area (Å²) in [7, 11) is 3.94. The first-order chi connectivity index (χ1) is 16.8. The predicted octanol–water partition coefficient (Wildman–Crippen LogP) is 5.16. The van der Waals surface area contributed by atoms with Gasteiger partial charge in [-0.1, -0.05) is 24.5 Å². The van der Waals surface area contributed by atoms with Gasteiger partial charge in [-0.2, -0.15) is 0 Å². The van der Waals surface area contributed by atoms with E-state index in [9.17, 15) is 9.50 Å². The van der Waals surface area contributed by atoms with Crippen LogP contribution < -0.4 is 10.6 Å². The summed E-state index contributed by atoms with van der Waals surface area (Å²) in [4.78, 5) is 15.7. The molecule has 0 radical (unpaired) electrons. The maximum Gasteiger partial charge on any atom is 0.209 e. The Kier molecular flexibility index (Phi) is 8.64. The number of hydrogen-bond acceptors (Lipinski definition) is 6. The minimum absolute atomic E-state index is 0. The van der Waals surface area contributed by atoms with Crippen molar-refractivity contribution in [1.29, 1.82) is 0 Å². The number of fused-ring (bicyclic) bond motifs is 1. The van der Waals surface area contributed by atoms with E-state index in [1.54, 1.807) is 12.1 Å². The first-order valence-electron chi connectivity index (χ1n) is 11.7. The van der Waals surface area contributed by atoms with Gasteiger partial charge in [0, 0.05) is 31.0 Å². The largest absolute Gasteiger partial charge is 0.382 e. The fourth-order valence-electron chi connectivity index (χ4n) is 4.43. The Balaban J connectivity index is 0.00000190. The molecular formula is C27H29Cl2FN6O. The number of benzene rings is 2. The van der Waals surface area contributed by atoms with Gasteiger partial charge in [0.25, 0.3) is 0 Å². The zero-order valence-corrected chi connectivity index (χ0v) is 22.2. The highest BCUT2D eigenvalue weighted by molar-refractivity contribution is 5.88. The normalized spacial score (nSPS) is 14.2. The molecule has 4 aromatic rings. The van der Waals surface area contributed by atoms with Gasteiger partial charge in [0.05, 0.1) is 0 Å². The van der Waals surface area contributed by atoms with Gasteiger partial charge in [-0.05, 0) is 68.0 Å². The molecule has 0 spiro atoms. The summed E-state index contributed by atoms with van der Waals surface area (Å²) in [5.41, 5.74) is 8.55. The topological polar surface area (TPSA) is 93.1 Å². The third-order valence-electron chi connectivity index (χ3n) is 6.33. The van der Waals surface area contributed by atoms with Crippen molar-refractivity contribution in [2.45, 2.75) is 37.7 Å². The number of imidazole rings is 1. The Morgan fingerprint density at radius 2 is 1.70 bits per heavy atom. The molecule has 0 unspecified atom stereocenters. The minimum Gasteiger partial charge on any atom is -0.382 e. The van der Waals surface area contributed by atoms with E-state index in [0.717, 1.165) is 30.6 Å².